The van der Waals surface area contributed by atoms with Gasteiger partial charge in [-0.15, -0.1) is 0 Å². The second kappa shape index (κ2) is 15.5. The summed E-state index contributed by atoms with van der Waals surface area (Å²) in [4.78, 5) is 19.4. The molecule has 1 aliphatic rings. The van der Waals surface area contributed by atoms with Crippen molar-refractivity contribution in [3.05, 3.63) is 133 Å². The van der Waals surface area contributed by atoms with Crippen molar-refractivity contribution in [3.8, 4) is 5.75 Å². The molecule has 45 heavy (non-hydrogen) atoms. The molecular weight excluding hydrogens is 701 g/mol. The number of aliphatic hydroxyl groups excluding tert-OH is 1. The molecule has 0 fully saturated rings. The molecule has 4 aromatic rings. The molecule has 0 radical (unpaired) electrons. The lowest BCUT2D eigenvalue weighted by Gasteiger charge is -2.31. The summed E-state index contributed by atoms with van der Waals surface area (Å²) in [5, 5.41) is 10.5. The Morgan fingerprint density at radius 3 is 2.44 bits per heavy atom. The summed E-state index contributed by atoms with van der Waals surface area (Å²) < 4.78 is 13.2. The first-order chi connectivity index (χ1) is 21.8. The number of aliphatic imine (C=N–C) groups is 1. The minimum absolute atomic E-state index is 0.0503. The van der Waals surface area contributed by atoms with Crippen molar-refractivity contribution in [2.75, 3.05) is 19.8 Å². The monoisotopic (exact) mass is 729 g/mol. The summed E-state index contributed by atoms with van der Waals surface area (Å²) in [7, 11) is 0. The van der Waals surface area contributed by atoms with Gasteiger partial charge in [0.05, 0.1) is 6.61 Å². The molecule has 4 aromatic carbocycles. The van der Waals surface area contributed by atoms with Gasteiger partial charge in [0.15, 0.2) is 11.6 Å². The van der Waals surface area contributed by atoms with Gasteiger partial charge in [0, 0.05) is 56.7 Å². The number of hydrogen-bond donors (Lipinski definition) is 3. The highest BCUT2D eigenvalue weighted by Gasteiger charge is 2.54. The number of nitrogens with one attached hydrogen (secondary N) is 2. The first-order valence-corrected chi connectivity index (χ1v) is 16.3. The molecule has 5 rings (SSSR count). The number of carbonyl (C=O) groups is 1. The Labute approximate surface area is 285 Å². The Bertz CT molecular complexity index is 1650. The number of hydrazine groups is 1. The van der Waals surface area contributed by atoms with Gasteiger partial charge >= 0.3 is 0 Å². The van der Waals surface area contributed by atoms with Crippen LogP contribution in [0.1, 0.15) is 34.8 Å². The van der Waals surface area contributed by atoms with E-state index in [1.165, 1.54) is 0 Å². The summed E-state index contributed by atoms with van der Waals surface area (Å²) in [5.74, 6) is 0.542. The molecule has 3 N–H and O–H groups in total. The molecular formula is C34H31BrCl3N3O4. The minimum Gasteiger partial charge on any atom is -0.494 e. The second-order valence-corrected chi connectivity index (χ2v) is 12.6. The fraction of sp³-hybridized carbons (Fsp3) is 0.235. The average molecular weight is 732 g/mol. The van der Waals surface area contributed by atoms with Crippen LogP contribution in [0, 0.1) is 0 Å². The van der Waals surface area contributed by atoms with E-state index >= 15 is 0 Å². The van der Waals surface area contributed by atoms with Crippen LogP contribution in [0.3, 0.4) is 0 Å². The molecule has 11 heteroatoms. The molecule has 0 unspecified atom stereocenters. The van der Waals surface area contributed by atoms with Crippen molar-refractivity contribution < 1.29 is 19.4 Å². The van der Waals surface area contributed by atoms with Gasteiger partial charge in [0.25, 0.3) is 5.91 Å². The maximum absolute atomic E-state index is 14.4. The van der Waals surface area contributed by atoms with Gasteiger partial charge in [-0.05, 0) is 72.1 Å². The Morgan fingerprint density at radius 2 is 1.73 bits per heavy atom. The number of amides is 1. The van der Waals surface area contributed by atoms with Gasteiger partial charge < -0.3 is 14.6 Å². The fourth-order valence-corrected chi connectivity index (χ4v) is 6.04. The number of ether oxygens (including phenoxy) is 2. The van der Waals surface area contributed by atoms with E-state index in [0.717, 1.165) is 15.6 Å². The van der Waals surface area contributed by atoms with Crippen LogP contribution in [-0.2, 0) is 22.4 Å². The normalized spacial score (nSPS) is 17.4. The molecule has 1 heterocycles. The molecule has 234 valence electrons. The quantitative estimate of drug-likeness (QED) is 0.0978. The van der Waals surface area contributed by atoms with Crippen molar-refractivity contribution in [3.63, 3.8) is 0 Å². The van der Waals surface area contributed by atoms with Gasteiger partial charge in [-0.2, -0.15) is 0 Å². The van der Waals surface area contributed by atoms with E-state index in [-0.39, 0.29) is 24.8 Å². The number of halogens is 4. The molecule has 7 nitrogen and oxygen atoms in total. The van der Waals surface area contributed by atoms with E-state index in [0.29, 0.717) is 57.9 Å². The molecule has 2 atom stereocenters. The highest BCUT2D eigenvalue weighted by molar-refractivity contribution is 9.10. The van der Waals surface area contributed by atoms with Crippen molar-refractivity contribution in [1.82, 2.24) is 10.9 Å². The zero-order chi connectivity index (χ0) is 31.8. The van der Waals surface area contributed by atoms with Crippen LogP contribution in [0.25, 0.3) is 0 Å². The van der Waals surface area contributed by atoms with Crippen LogP contribution < -0.4 is 15.6 Å². The first-order valence-electron chi connectivity index (χ1n) is 14.4. The molecule has 0 spiro atoms. The van der Waals surface area contributed by atoms with E-state index in [9.17, 15) is 4.79 Å². The molecule has 1 aliphatic heterocycles. The maximum Gasteiger partial charge on any atom is 0.266 e. The molecule has 0 bridgehead atoms. The van der Waals surface area contributed by atoms with Gasteiger partial charge in [-0.1, -0.05) is 87.1 Å². The third-order valence-corrected chi connectivity index (χ3v) is 8.80. The number of nitrogens with zero attached hydrogens (tertiary/aromatic N) is 1. The Morgan fingerprint density at radius 1 is 0.978 bits per heavy atom. The zero-order valence-corrected chi connectivity index (χ0v) is 28.0. The highest BCUT2D eigenvalue weighted by atomic mass is 79.9. The predicted octanol–water partition coefficient (Wildman–Crippen LogP) is 7.53. The number of rotatable bonds is 13. The summed E-state index contributed by atoms with van der Waals surface area (Å²) in [5.41, 5.74) is 7.58. The maximum atomic E-state index is 14.4. The first kappa shape index (κ1) is 33.3. The Kier molecular flexibility index (Phi) is 11.4. The van der Waals surface area contributed by atoms with Gasteiger partial charge in [-0.3, -0.25) is 10.2 Å². The van der Waals surface area contributed by atoms with Crippen molar-refractivity contribution in [2.24, 2.45) is 4.99 Å². The van der Waals surface area contributed by atoms with E-state index in [1.54, 1.807) is 30.3 Å². The molecule has 0 saturated carbocycles. The lowest BCUT2D eigenvalue weighted by Crippen LogP contribution is -2.54. The van der Waals surface area contributed by atoms with Gasteiger partial charge in [0.1, 0.15) is 5.75 Å². The van der Waals surface area contributed by atoms with Crippen LogP contribution in [0.5, 0.6) is 5.75 Å². The van der Waals surface area contributed by atoms with E-state index in [2.05, 4.69) is 26.8 Å². The summed E-state index contributed by atoms with van der Waals surface area (Å²) in [6.45, 7) is 0.879. The second-order valence-electron chi connectivity index (χ2n) is 10.5. The third kappa shape index (κ3) is 8.19. The highest BCUT2D eigenvalue weighted by Crippen LogP contribution is 2.45. The van der Waals surface area contributed by atoms with Crippen molar-refractivity contribution in [2.45, 2.75) is 30.9 Å². The van der Waals surface area contributed by atoms with Crippen LogP contribution in [0.15, 0.2) is 100 Å². The number of aliphatic hydroxyl groups is 1. The van der Waals surface area contributed by atoms with E-state index < -0.39 is 11.6 Å². The van der Waals surface area contributed by atoms with E-state index in [4.69, 9.17) is 54.4 Å². The molecule has 0 saturated heterocycles. The van der Waals surface area contributed by atoms with Crippen LogP contribution in [-0.4, -0.2) is 42.2 Å². The number of carbonyl (C=O) groups excluding carboxylic acids is 1. The standard InChI is InChI=1S/C34H31BrCl3N3O4/c35-25-10-6-22(7-11-25)21-34(33(43)41-39-17-16-23-4-1-2-5-29(23)37)31(28-15-12-26(36)20-30(28)38)45-32(40-34)24-8-13-27(14-9-24)44-19-3-18-42/h1-2,4-15,20,31,39,42H,3,16-19,21H2,(H,41,43)/t31-,34-/m0/s1. The molecule has 0 aromatic heterocycles. The molecule has 0 aliphatic carbocycles. The van der Waals surface area contributed by atoms with Crippen LogP contribution in [0.4, 0.5) is 0 Å². The number of benzene rings is 4. The SMILES string of the molecule is O=C(NNCCc1ccccc1Cl)[C@@]1(Cc2ccc(Br)cc2)N=C(c2ccc(OCCCO)cc2)O[C@H]1c1ccc(Cl)cc1Cl. The topological polar surface area (TPSA) is 92.2 Å². The summed E-state index contributed by atoms with van der Waals surface area (Å²) in [6, 6.07) is 27.7. The smallest absolute Gasteiger partial charge is 0.266 e. The van der Waals surface area contributed by atoms with Gasteiger partial charge in [0.2, 0.25) is 5.90 Å². The minimum atomic E-state index is -1.45. The Hall–Kier alpha value is -3.11. The Balaban J connectivity index is 1.50. The summed E-state index contributed by atoms with van der Waals surface area (Å²) in [6.07, 6.45) is 0.463. The lowest BCUT2D eigenvalue weighted by atomic mass is 9.82. The van der Waals surface area contributed by atoms with Crippen molar-refractivity contribution in [1.29, 1.82) is 0 Å². The van der Waals surface area contributed by atoms with Gasteiger partial charge in [-0.25, -0.2) is 10.4 Å². The van der Waals surface area contributed by atoms with Crippen LogP contribution in [0.2, 0.25) is 15.1 Å². The largest absolute Gasteiger partial charge is 0.494 e. The van der Waals surface area contributed by atoms with E-state index in [1.807, 2.05) is 60.7 Å². The molecule has 1 amide bonds. The van der Waals surface area contributed by atoms with Crippen LogP contribution >= 0.6 is 50.7 Å². The zero-order valence-electron chi connectivity index (χ0n) is 24.1. The lowest BCUT2D eigenvalue weighted by molar-refractivity contribution is -0.130. The number of hydrogen-bond acceptors (Lipinski definition) is 6. The van der Waals surface area contributed by atoms with Crippen molar-refractivity contribution >= 4 is 62.5 Å². The predicted molar refractivity (Wildman–Crippen MR) is 182 cm³/mol. The summed E-state index contributed by atoms with van der Waals surface area (Å²) >= 11 is 22.8. The average Bonchev–Trinajstić information content (AvgIpc) is 3.41. The third-order valence-electron chi connectivity index (χ3n) is 7.34. The fourth-order valence-electron chi connectivity index (χ4n) is 5.04.